The van der Waals surface area contributed by atoms with Gasteiger partial charge in [0.05, 0.1) is 22.4 Å². The lowest BCUT2D eigenvalue weighted by Gasteiger charge is -2.09. The summed E-state index contributed by atoms with van der Waals surface area (Å²) in [6, 6.07) is 14.9. The number of aliphatic carboxylic acids is 1. The minimum absolute atomic E-state index is 0.327. The zero-order valence-electron chi connectivity index (χ0n) is 13.1. The maximum absolute atomic E-state index is 10.5. The van der Waals surface area contributed by atoms with Crippen LogP contribution in [0.5, 0.6) is 5.75 Å². The molecule has 0 fully saturated rings. The van der Waals surface area contributed by atoms with Crippen LogP contribution in [0.15, 0.2) is 54.6 Å². The normalized spacial score (nSPS) is 11.0. The highest BCUT2D eigenvalue weighted by atomic mass is 16.5. The lowest BCUT2D eigenvalue weighted by atomic mass is 10.2. The minimum Gasteiger partial charge on any atom is -0.487 e. The SMILES string of the molecule is Cc1nc2ccccc2nc1COc1ccc(C=CC(=O)O)cc1. The number of carboxylic acids is 1. The Morgan fingerprint density at radius 2 is 1.75 bits per heavy atom. The van der Waals surface area contributed by atoms with Gasteiger partial charge in [-0.15, -0.1) is 0 Å². The van der Waals surface area contributed by atoms with Crippen LogP contribution in [0.4, 0.5) is 0 Å². The number of ether oxygens (including phenoxy) is 1. The van der Waals surface area contributed by atoms with Crippen LogP contribution in [0.25, 0.3) is 17.1 Å². The molecule has 3 aromatic rings. The maximum Gasteiger partial charge on any atom is 0.328 e. The number of nitrogens with zero attached hydrogens (tertiary/aromatic N) is 2. The molecule has 24 heavy (non-hydrogen) atoms. The summed E-state index contributed by atoms with van der Waals surface area (Å²) in [6.45, 7) is 2.24. The molecule has 0 atom stereocenters. The van der Waals surface area contributed by atoms with Crippen molar-refractivity contribution in [2.75, 3.05) is 0 Å². The molecule has 0 saturated carbocycles. The van der Waals surface area contributed by atoms with Crippen LogP contribution >= 0.6 is 0 Å². The van der Waals surface area contributed by atoms with Gasteiger partial charge in [0.1, 0.15) is 12.4 Å². The Kier molecular flexibility index (Phi) is 4.52. The van der Waals surface area contributed by atoms with Crippen molar-refractivity contribution in [3.63, 3.8) is 0 Å². The Morgan fingerprint density at radius 3 is 2.42 bits per heavy atom. The van der Waals surface area contributed by atoms with Gasteiger partial charge in [-0.3, -0.25) is 0 Å². The van der Waals surface area contributed by atoms with E-state index in [-0.39, 0.29) is 0 Å². The van der Waals surface area contributed by atoms with Crippen molar-refractivity contribution in [2.24, 2.45) is 0 Å². The standard InChI is InChI=1S/C19H16N2O3/c1-13-18(21-17-5-3-2-4-16(17)20-13)12-24-15-9-6-14(7-10-15)8-11-19(22)23/h2-11H,12H2,1H3,(H,22,23). The van der Waals surface area contributed by atoms with Crippen LogP contribution in [0.3, 0.4) is 0 Å². The first-order chi connectivity index (χ1) is 11.6. The number of fused-ring (bicyclic) bond motifs is 1. The first kappa shape index (κ1) is 15.7. The van der Waals surface area contributed by atoms with Crippen LogP contribution in [0, 0.1) is 6.92 Å². The molecule has 0 saturated heterocycles. The van der Waals surface area contributed by atoms with Crippen molar-refractivity contribution in [2.45, 2.75) is 13.5 Å². The van der Waals surface area contributed by atoms with E-state index in [0.717, 1.165) is 34.1 Å². The van der Waals surface area contributed by atoms with Crippen molar-refractivity contribution < 1.29 is 14.6 Å². The Hall–Kier alpha value is -3.21. The summed E-state index contributed by atoms with van der Waals surface area (Å²) in [5.41, 5.74) is 4.15. The fourth-order valence-corrected chi connectivity index (χ4v) is 2.26. The lowest BCUT2D eigenvalue weighted by Crippen LogP contribution is -2.03. The van der Waals surface area contributed by atoms with Crippen molar-refractivity contribution >= 4 is 23.1 Å². The van der Waals surface area contributed by atoms with Gasteiger partial charge in [0.25, 0.3) is 0 Å². The topological polar surface area (TPSA) is 72.3 Å². The molecule has 5 heteroatoms. The molecule has 0 aliphatic rings. The van der Waals surface area contributed by atoms with Gasteiger partial charge < -0.3 is 9.84 Å². The number of benzene rings is 2. The maximum atomic E-state index is 10.5. The molecule has 120 valence electrons. The van der Waals surface area contributed by atoms with Crippen LogP contribution < -0.4 is 4.74 Å². The Bertz CT molecular complexity index is 902. The first-order valence-electron chi connectivity index (χ1n) is 7.48. The Labute approximate surface area is 139 Å². The van der Waals surface area contributed by atoms with E-state index in [1.54, 1.807) is 24.3 Å². The highest BCUT2D eigenvalue weighted by Crippen LogP contribution is 2.17. The zero-order chi connectivity index (χ0) is 16.9. The van der Waals surface area contributed by atoms with E-state index in [1.165, 1.54) is 6.08 Å². The van der Waals surface area contributed by atoms with E-state index in [1.807, 2.05) is 31.2 Å². The molecule has 1 heterocycles. The van der Waals surface area contributed by atoms with E-state index >= 15 is 0 Å². The van der Waals surface area contributed by atoms with Crippen LogP contribution in [0.2, 0.25) is 0 Å². The molecule has 1 N–H and O–H groups in total. The summed E-state index contributed by atoms with van der Waals surface area (Å²) in [6.07, 6.45) is 2.63. The number of para-hydroxylation sites is 2. The van der Waals surface area contributed by atoms with Gasteiger partial charge >= 0.3 is 5.97 Å². The number of hydrogen-bond donors (Lipinski definition) is 1. The third-order valence-electron chi connectivity index (χ3n) is 3.52. The molecular formula is C19H16N2O3. The molecule has 3 rings (SSSR count). The Balaban J connectivity index is 1.71. The molecule has 0 amide bonds. The van der Waals surface area contributed by atoms with Crippen molar-refractivity contribution in [3.8, 4) is 5.75 Å². The van der Waals surface area contributed by atoms with Gasteiger partial charge in [-0.1, -0.05) is 24.3 Å². The van der Waals surface area contributed by atoms with Gasteiger partial charge in [-0.2, -0.15) is 0 Å². The summed E-state index contributed by atoms with van der Waals surface area (Å²) in [4.78, 5) is 19.6. The quantitative estimate of drug-likeness (QED) is 0.727. The zero-order valence-corrected chi connectivity index (χ0v) is 13.1. The number of carboxylic acid groups (broad SMARTS) is 1. The van der Waals surface area contributed by atoms with E-state index in [9.17, 15) is 4.79 Å². The average Bonchev–Trinajstić information content (AvgIpc) is 2.59. The molecule has 1 aromatic heterocycles. The Morgan fingerprint density at radius 1 is 1.08 bits per heavy atom. The predicted octanol–water partition coefficient (Wildman–Crippen LogP) is 3.62. The summed E-state index contributed by atoms with van der Waals surface area (Å²) in [5.74, 6) is -0.280. The summed E-state index contributed by atoms with van der Waals surface area (Å²) < 4.78 is 5.76. The van der Waals surface area contributed by atoms with Gasteiger partial charge in [0.15, 0.2) is 0 Å². The molecule has 2 aromatic carbocycles. The number of aryl methyl sites for hydroxylation is 1. The highest BCUT2D eigenvalue weighted by molar-refractivity contribution is 5.85. The van der Waals surface area contributed by atoms with Crippen LogP contribution in [0.1, 0.15) is 17.0 Å². The van der Waals surface area contributed by atoms with Gasteiger partial charge in [-0.25, -0.2) is 14.8 Å². The minimum atomic E-state index is -0.972. The third-order valence-corrected chi connectivity index (χ3v) is 3.52. The van der Waals surface area contributed by atoms with E-state index < -0.39 is 5.97 Å². The second-order valence-corrected chi connectivity index (χ2v) is 5.27. The van der Waals surface area contributed by atoms with Gasteiger partial charge in [-0.05, 0) is 42.8 Å². The van der Waals surface area contributed by atoms with Gasteiger partial charge in [0, 0.05) is 6.08 Å². The van der Waals surface area contributed by atoms with Crippen molar-refractivity contribution in [1.82, 2.24) is 9.97 Å². The molecular weight excluding hydrogens is 304 g/mol. The molecule has 0 spiro atoms. The third kappa shape index (κ3) is 3.76. The second kappa shape index (κ2) is 6.91. The largest absolute Gasteiger partial charge is 0.487 e. The molecule has 0 unspecified atom stereocenters. The number of hydrogen-bond acceptors (Lipinski definition) is 4. The van der Waals surface area contributed by atoms with E-state index in [4.69, 9.17) is 9.84 Å². The van der Waals surface area contributed by atoms with E-state index in [0.29, 0.717) is 12.4 Å². The van der Waals surface area contributed by atoms with Crippen molar-refractivity contribution in [3.05, 3.63) is 71.6 Å². The number of rotatable bonds is 5. The molecule has 0 aliphatic carbocycles. The highest BCUT2D eigenvalue weighted by Gasteiger charge is 2.06. The molecule has 0 bridgehead atoms. The van der Waals surface area contributed by atoms with Gasteiger partial charge in [0.2, 0.25) is 0 Å². The summed E-state index contributed by atoms with van der Waals surface area (Å²) in [5, 5.41) is 8.62. The van der Waals surface area contributed by atoms with Crippen LogP contribution in [-0.2, 0) is 11.4 Å². The van der Waals surface area contributed by atoms with Crippen molar-refractivity contribution in [1.29, 1.82) is 0 Å². The number of aromatic nitrogens is 2. The average molecular weight is 320 g/mol. The molecule has 0 radical (unpaired) electrons. The smallest absolute Gasteiger partial charge is 0.328 e. The first-order valence-corrected chi connectivity index (χ1v) is 7.48. The van der Waals surface area contributed by atoms with E-state index in [2.05, 4.69) is 9.97 Å². The fraction of sp³-hybridized carbons (Fsp3) is 0.105. The summed E-state index contributed by atoms with van der Waals surface area (Å²) >= 11 is 0. The fourth-order valence-electron chi connectivity index (χ4n) is 2.26. The monoisotopic (exact) mass is 320 g/mol. The molecule has 5 nitrogen and oxygen atoms in total. The lowest BCUT2D eigenvalue weighted by molar-refractivity contribution is -0.131. The van der Waals surface area contributed by atoms with Crippen LogP contribution in [-0.4, -0.2) is 21.0 Å². The predicted molar refractivity (Wildman–Crippen MR) is 91.7 cm³/mol. The summed E-state index contributed by atoms with van der Waals surface area (Å²) in [7, 11) is 0. The second-order valence-electron chi connectivity index (χ2n) is 5.27. The molecule has 0 aliphatic heterocycles. The number of carbonyl (C=O) groups is 1.